The summed E-state index contributed by atoms with van der Waals surface area (Å²) in [6.45, 7) is 3.70. The molecule has 3 aromatic rings. The van der Waals surface area contributed by atoms with E-state index in [9.17, 15) is 4.79 Å². The van der Waals surface area contributed by atoms with E-state index >= 15 is 0 Å². The van der Waals surface area contributed by atoms with Gasteiger partial charge < -0.3 is 11.1 Å². The van der Waals surface area contributed by atoms with Crippen LogP contribution in [0.3, 0.4) is 0 Å². The molecule has 0 unspecified atom stereocenters. The number of aryl methyl sites for hydroxylation is 1. The monoisotopic (exact) mass is 294 g/mol. The number of nitrogens with zero attached hydrogens (tertiary/aromatic N) is 2. The third-order valence-corrected chi connectivity index (χ3v) is 3.50. The molecule has 0 aliphatic carbocycles. The quantitative estimate of drug-likeness (QED) is 0.780. The van der Waals surface area contributed by atoms with Crippen LogP contribution in [-0.2, 0) is 4.79 Å². The van der Waals surface area contributed by atoms with Crippen LogP contribution in [0.5, 0.6) is 0 Å². The first-order valence-electron chi connectivity index (χ1n) is 7.16. The number of carbonyl (C=O) groups is 1. The summed E-state index contributed by atoms with van der Waals surface area (Å²) in [6, 6.07) is 13.3. The average molecular weight is 294 g/mol. The van der Waals surface area contributed by atoms with E-state index in [1.165, 1.54) is 5.56 Å². The Hall–Kier alpha value is -2.66. The van der Waals surface area contributed by atoms with Gasteiger partial charge in [-0.15, -0.1) is 0 Å². The number of benzene rings is 2. The van der Waals surface area contributed by atoms with Gasteiger partial charge in [0.15, 0.2) is 0 Å². The molecule has 0 radical (unpaired) electrons. The Bertz CT molecular complexity index is 836. The highest BCUT2D eigenvalue weighted by molar-refractivity contribution is 5.96. The summed E-state index contributed by atoms with van der Waals surface area (Å²) in [6.07, 6.45) is 1.81. The zero-order valence-electron chi connectivity index (χ0n) is 12.6. The SMILES string of the molecule is Cc1cccc(-n2ncc3ccc(NC(=O)[C@@H](C)N)cc32)c1. The van der Waals surface area contributed by atoms with Crippen LogP contribution in [0.2, 0.25) is 0 Å². The second kappa shape index (κ2) is 5.61. The number of anilines is 1. The van der Waals surface area contributed by atoms with Crippen LogP contribution in [0.1, 0.15) is 12.5 Å². The minimum atomic E-state index is -0.544. The van der Waals surface area contributed by atoms with E-state index < -0.39 is 6.04 Å². The summed E-state index contributed by atoms with van der Waals surface area (Å²) < 4.78 is 1.86. The molecule has 1 amide bonds. The molecule has 5 nitrogen and oxygen atoms in total. The molecule has 2 aromatic carbocycles. The molecule has 3 rings (SSSR count). The van der Waals surface area contributed by atoms with Gasteiger partial charge in [0, 0.05) is 11.1 Å². The Morgan fingerprint density at radius 1 is 1.27 bits per heavy atom. The molecule has 0 saturated heterocycles. The van der Waals surface area contributed by atoms with Crippen molar-refractivity contribution in [2.45, 2.75) is 19.9 Å². The van der Waals surface area contributed by atoms with Crippen molar-refractivity contribution in [3.8, 4) is 5.69 Å². The van der Waals surface area contributed by atoms with Gasteiger partial charge in [0.25, 0.3) is 0 Å². The fraction of sp³-hybridized carbons (Fsp3) is 0.176. The first kappa shape index (κ1) is 14.3. The van der Waals surface area contributed by atoms with Crippen molar-refractivity contribution < 1.29 is 4.79 Å². The first-order valence-corrected chi connectivity index (χ1v) is 7.16. The van der Waals surface area contributed by atoms with Crippen LogP contribution in [0.4, 0.5) is 5.69 Å². The summed E-state index contributed by atoms with van der Waals surface area (Å²) in [7, 11) is 0. The number of fused-ring (bicyclic) bond motifs is 1. The minimum Gasteiger partial charge on any atom is -0.325 e. The number of nitrogens with two attached hydrogens (primary N) is 1. The molecular formula is C17H18N4O. The van der Waals surface area contributed by atoms with Crippen LogP contribution in [0.15, 0.2) is 48.7 Å². The largest absolute Gasteiger partial charge is 0.325 e. The maximum Gasteiger partial charge on any atom is 0.240 e. The maximum atomic E-state index is 11.7. The van der Waals surface area contributed by atoms with Gasteiger partial charge in [0.1, 0.15) is 0 Å². The van der Waals surface area contributed by atoms with Crippen LogP contribution >= 0.6 is 0 Å². The van der Waals surface area contributed by atoms with Gasteiger partial charge in [0.05, 0.1) is 23.4 Å². The number of hydrogen-bond donors (Lipinski definition) is 2. The zero-order chi connectivity index (χ0) is 15.7. The van der Waals surface area contributed by atoms with Gasteiger partial charge in [-0.2, -0.15) is 5.10 Å². The Morgan fingerprint density at radius 2 is 2.09 bits per heavy atom. The maximum absolute atomic E-state index is 11.7. The Kier molecular flexibility index (Phi) is 3.65. The van der Waals surface area contributed by atoms with E-state index in [2.05, 4.69) is 16.5 Å². The molecule has 22 heavy (non-hydrogen) atoms. The lowest BCUT2D eigenvalue weighted by Gasteiger charge is -2.09. The molecule has 0 spiro atoms. The second-order valence-corrected chi connectivity index (χ2v) is 5.45. The summed E-state index contributed by atoms with van der Waals surface area (Å²) in [5.41, 5.74) is 9.40. The van der Waals surface area contributed by atoms with Gasteiger partial charge in [-0.3, -0.25) is 4.79 Å². The molecule has 3 N–H and O–H groups in total. The van der Waals surface area contributed by atoms with E-state index in [4.69, 9.17) is 5.73 Å². The number of amides is 1. The molecule has 1 aromatic heterocycles. The third-order valence-electron chi connectivity index (χ3n) is 3.50. The first-order chi connectivity index (χ1) is 10.5. The smallest absolute Gasteiger partial charge is 0.240 e. The molecule has 0 aliphatic heterocycles. The Labute approximate surface area is 128 Å². The Morgan fingerprint density at radius 3 is 2.82 bits per heavy atom. The highest BCUT2D eigenvalue weighted by Crippen LogP contribution is 2.22. The lowest BCUT2D eigenvalue weighted by Crippen LogP contribution is -2.32. The van der Waals surface area contributed by atoms with Crippen LogP contribution in [0.25, 0.3) is 16.6 Å². The summed E-state index contributed by atoms with van der Waals surface area (Å²) in [4.78, 5) is 11.7. The molecular weight excluding hydrogens is 276 g/mol. The van der Waals surface area contributed by atoms with Gasteiger partial charge in [0.2, 0.25) is 5.91 Å². The van der Waals surface area contributed by atoms with Crippen molar-refractivity contribution in [3.05, 3.63) is 54.2 Å². The fourth-order valence-corrected chi connectivity index (χ4v) is 2.32. The number of carbonyl (C=O) groups excluding carboxylic acids is 1. The molecule has 1 atom stereocenters. The number of rotatable bonds is 3. The van der Waals surface area contributed by atoms with Crippen LogP contribution < -0.4 is 11.1 Å². The van der Waals surface area contributed by atoms with E-state index in [1.807, 2.05) is 54.2 Å². The van der Waals surface area contributed by atoms with E-state index in [0.717, 1.165) is 16.6 Å². The average Bonchev–Trinajstić information content (AvgIpc) is 2.90. The molecule has 0 bridgehead atoms. The van der Waals surface area contributed by atoms with Crippen molar-refractivity contribution in [2.24, 2.45) is 5.73 Å². The number of aromatic nitrogens is 2. The number of nitrogens with one attached hydrogen (secondary N) is 1. The van der Waals surface area contributed by atoms with Gasteiger partial charge in [-0.05, 0) is 49.7 Å². The summed E-state index contributed by atoms with van der Waals surface area (Å²) in [5.74, 6) is -0.207. The topological polar surface area (TPSA) is 72.9 Å². The molecule has 0 fully saturated rings. The standard InChI is InChI=1S/C17H18N4O/c1-11-4-3-5-15(8-11)21-16-9-14(20-17(22)12(2)18)7-6-13(16)10-19-21/h3-10,12H,18H2,1-2H3,(H,20,22)/t12-/m1/s1. The van der Waals surface area contributed by atoms with E-state index in [1.54, 1.807) is 6.92 Å². The molecule has 0 aliphatic rings. The Balaban J connectivity index is 2.04. The highest BCUT2D eigenvalue weighted by Gasteiger charge is 2.10. The van der Waals surface area contributed by atoms with Crippen molar-refractivity contribution >= 4 is 22.5 Å². The minimum absolute atomic E-state index is 0.207. The van der Waals surface area contributed by atoms with Crippen LogP contribution in [0, 0.1) is 6.92 Å². The van der Waals surface area contributed by atoms with Crippen LogP contribution in [-0.4, -0.2) is 21.7 Å². The lowest BCUT2D eigenvalue weighted by molar-refractivity contribution is -0.117. The predicted molar refractivity (Wildman–Crippen MR) is 88.1 cm³/mol. The fourth-order valence-electron chi connectivity index (χ4n) is 2.32. The van der Waals surface area contributed by atoms with E-state index in [-0.39, 0.29) is 5.91 Å². The van der Waals surface area contributed by atoms with E-state index in [0.29, 0.717) is 5.69 Å². The normalized spacial score (nSPS) is 12.3. The molecule has 0 saturated carbocycles. The van der Waals surface area contributed by atoms with Crippen molar-refractivity contribution in [1.82, 2.24) is 9.78 Å². The molecule has 112 valence electrons. The second-order valence-electron chi connectivity index (χ2n) is 5.45. The zero-order valence-corrected chi connectivity index (χ0v) is 12.6. The molecule has 5 heteroatoms. The van der Waals surface area contributed by atoms with Crippen molar-refractivity contribution in [3.63, 3.8) is 0 Å². The lowest BCUT2D eigenvalue weighted by atomic mass is 10.2. The highest BCUT2D eigenvalue weighted by atomic mass is 16.2. The van der Waals surface area contributed by atoms with Crippen molar-refractivity contribution in [1.29, 1.82) is 0 Å². The van der Waals surface area contributed by atoms with Gasteiger partial charge in [-0.1, -0.05) is 12.1 Å². The van der Waals surface area contributed by atoms with Gasteiger partial charge >= 0.3 is 0 Å². The van der Waals surface area contributed by atoms with Crippen molar-refractivity contribution in [2.75, 3.05) is 5.32 Å². The summed E-state index contributed by atoms with van der Waals surface area (Å²) >= 11 is 0. The third kappa shape index (κ3) is 2.71. The van der Waals surface area contributed by atoms with Gasteiger partial charge in [-0.25, -0.2) is 4.68 Å². The predicted octanol–water partition coefficient (Wildman–Crippen LogP) is 2.62. The summed E-state index contributed by atoms with van der Waals surface area (Å²) in [5, 5.41) is 8.26. The molecule has 1 heterocycles. The number of hydrogen-bond acceptors (Lipinski definition) is 3.